The Bertz CT molecular complexity index is 780. The Morgan fingerprint density at radius 1 is 1.14 bits per heavy atom. The average Bonchev–Trinajstić information content (AvgIpc) is 2.62. The summed E-state index contributed by atoms with van der Waals surface area (Å²) in [6.07, 6.45) is -4.36. The monoisotopic (exact) mass is 414 g/mol. The first kappa shape index (κ1) is 22.2. The van der Waals surface area contributed by atoms with E-state index in [1.807, 2.05) is 37.2 Å². The van der Waals surface area contributed by atoms with E-state index in [1.54, 1.807) is 30.3 Å². The van der Waals surface area contributed by atoms with Gasteiger partial charge in [0, 0.05) is 17.1 Å². The maximum atomic E-state index is 12.4. The van der Waals surface area contributed by atoms with Gasteiger partial charge in [0.05, 0.1) is 12.6 Å². The van der Waals surface area contributed by atoms with E-state index in [9.17, 15) is 18.0 Å². The van der Waals surface area contributed by atoms with Gasteiger partial charge in [0.2, 0.25) is 0 Å². The summed E-state index contributed by atoms with van der Waals surface area (Å²) in [4.78, 5) is 14.4. The molecule has 0 fully saturated rings. The van der Waals surface area contributed by atoms with Crippen LogP contribution in [0, 0.1) is 0 Å². The predicted molar refractivity (Wildman–Crippen MR) is 102 cm³/mol. The molecule has 0 aliphatic carbocycles. The smallest absolute Gasteiger partial charge is 0.367 e. The molecule has 1 amide bonds. The summed E-state index contributed by atoms with van der Waals surface area (Å²) in [5.74, 6) is -0.276. The van der Waals surface area contributed by atoms with E-state index in [1.165, 1.54) is 0 Å². The topological polar surface area (TPSA) is 41.6 Å². The van der Waals surface area contributed by atoms with Gasteiger partial charge in [0.1, 0.15) is 6.61 Å². The number of hydrogen-bond acceptors (Lipinski definition) is 3. The summed E-state index contributed by atoms with van der Waals surface area (Å²) < 4.78 is 40.9. The second-order valence-electron chi connectivity index (χ2n) is 6.52. The Labute approximate surface area is 167 Å². The van der Waals surface area contributed by atoms with Gasteiger partial charge in [-0.2, -0.15) is 13.2 Å². The second kappa shape index (κ2) is 9.91. The predicted octanol–water partition coefficient (Wildman–Crippen LogP) is 4.45. The molecule has 2 rings (SSSR count). The number of nitrogens with zero attached hydrogens (tertiary/aromatic N) is 1. The molecule has 0 aliphatic heterocycles. The third-order valence-electron chi connectivity index (χ3n) is 4.09. The van der Waals surface area contributed by atoms with Gasteiger partial charge in [0.25, 0.3) is 5.91 Å². The molecular formula is C20H22ClF3N2O2. The van der Waals surface area contributed by atoms with Gasteiger partial charge in [-0.25, -0.2) is 0 Å². The van der Waals surface area contributed by atoms with Crippen LogP contribution < -0.4 is 5.32 Å². The first-order valence-electron chi connectivity index (χ1n) is 8.60. The fourth-order valence-electron chi connectivity index (χ4n) is 2.64. The lowest BCUT2D eigenvalue weighted by Gasteiger charge is -2.26. The van der Waals surface area contributed by atoms with Gasteiger partial charge < -0.3 is 15.0 Å². The van der Waals surface area contributed by atoms with Crippen LogP contribution in [0.1, 0.15) is 27.5 Å². The highest BCUT2D eigenvalue weighted by Gasteiger charge is 2.27. The molecule has 0 aliphatic rings. The van der Waals surface area contributed by atoms with Crippen LogP contribution in [0.2, 0.25) is 5.02 Å². The number of nitrogens with one attached hydrogen (secondary N) is 1. The van der Waals surface area contributed by atoms with Gasteiger partial charge in [-0.15, -0.1) is 0 Å². The zero-order chi connectivity index (χ0) is 20.7. The van der Waals surface area contributed by atoms with Gasteiger partial charge >= 0.3 is 6.18 Å². The van der Waals surface area contributed by atoms with E-state index in [0.29, 0.717) is 22.7 Å². The number of ether oxygens (including phenoxy) is 1. The van der Waals surface area contributed by atoms with E-state index in [0.717, 1.165) is 5.56 Å². The van der Waals surface area contributed by atoms with Crippen LogP contribution in [-0.2, 0) is 11.3 Å². The molecule has 8 heteroatoms. The van der Waals surface area contributed by atoms with Crippen molar-refractivity contribution in [3.05, 3.63) is 70.2 Å². The maximum absolute atomic E-state index is 12.4. The molecule has 2 aromatic rings. The number of halogens is 4. The fourth-order valence-corrected chi connectivity index (χ4v) is 2.91. The van der Waals surface area contributed by atoms with Crippen molar-refractivity contribution >= 4 is 17.5 Å². The molecule has 2 aromatic carbocycles. The molecule has 0 heterocycles. The number of benzene rings is 2. The molecule has 28 heavy (non-hydrogen) atoms. The van der Waals surface area contributed by atoms with Crippen LogP contribution in [0.4, 0.5) is 13.2 Å². The van der Waals surface area contributed by atoms with Crippen LogP contribution in [-0.4, -0.2) is 44.2 Å². The van der Waals surface area contributed by atoms with Gasteiger partial charge in [-0.1, -0.05) is 41.9 Å². The van der Waals surface area contributed by atoms with Crippen molar-refractivity contribution in [3.8, 4) is 0 Å². The molecular weight excluding hydrogens is 393 g/mol. The summed E-state index contributed by atoms with van der Waals surface area (Å²) >= 11 is 6.26. The minimum absolute atomic E-state index is 0.104. The quantitative estimate of drug-likeness (QED) is 0.693. The molecule has 0 saturated heterocycles. The molecule has 0 spiro atoms. The fraction of sp³-hybridized carbons (Fsp3) is 0.350. The van der Waals surface area contributed by atoms with E-state index in [-0.39, 0.29) is 18.6 Å². The van der Waals surface area contributed by atoms with Crippen LogP contribution in [0.5, 0.6) is 0 Å². The number of hydrogen-bond donors (Lipinski definition) is 1. The molecule has 0 aromatic heterocycles. The van der Waals surface area contributed by atoms with Gasteiger partial charge in [0.15, 0.2) is 0 Å². The minimum atomic E-state index is -4.36. The van der Waals surface area contributed by atoms with Crippen molar-refractivity contribution in [2.75, 3.05) is 27.2 Å². The summed E-state index contributed by atoms with van der Waals surface area (Å²) in [5, 5.41) is 3.49. The third-order valence-corrected chi connectivity index (χ3v) is 4.44. The lowest BCUT2D eigenvalue weighted by molar-refractivity contribution is -0.176. The molecule has 0 unspecified atom stereocenters. The lowest BCUT2D eigenvalue weighted by atomic mass is 10.1. The van der Waals surface area contributed by atoms with Crippen molar-refractivity contribution in [2.24, 2.45) is 0 Å². The molecule has 0 bridgehead atoms. The normalized spacial score (nSPS) is 12.8. The van der Waals surface area contributed by atoms with Crippen molar-refractivity contribution in [1.29, 1.82) is 0 Å². The second-order valence-corrected chi connectivity index (χ2v) is 6.92. The Kier molecular flexibility index (Phi) is 7.86. The molecule has 152 valence electrons. The number of alkyl halides is 3. The van der Waals surface area contributed by atoms with Crippen LogP contribution in [0.3, 0.4) is 0 Å². The van der Waals surface area contributed by atoms with Crippen LogP contribution in [0.25, 0.3) is 0 Å². The summed E-state index contributed by atoms with van der Waals surface area (Å²) in [7, 11) is 3.80. The zero-order valence-electron chi connectivity index (χ0n) is 15.6. The van der Waals surface area contributed by atoms with Crippen molar-refractivity contribution in [3.63, 3.8) is 0 Å². The van der Waals surface area contributed by atoms with Crippen molar-refractivity contribution < 1.29 is 22.7 Å². The number of carbonyl (C=O) groups excluding carboxylic acids is 1. The van der Waals surface area contributed by atoms with Crippen LogP contribution >= 0.6 is 11.6 Å². The average molecular weight is 415 g/mol. The van der Waals surface area contributed by atoms with Crippen LogP contribution in [0.15, 0.2) is 48.5 Å². The SMILES string of the molecule is CN(C)[C@H](CNC(=O)c1ccc(COCC(F)(F)F)cc1)c1ccccc1Cl. The molecule has 4 nitrogen and oxygen atoms in total. The molecule has 0 saturated carbocycles. The summed E-state index contributed by atoms with van der Waals surface area (Å²) in [6.45, 7) is -1.12. The first-order valence-corrected chi connectivity index (χ1v) is 8.97. The lowest BCUT2D eigenvalue weighted by Crippen LogP contribution is -2.34. The number of amides is 1. The standard InChI is InChI=1S/C20H22ClF3N2O2/c1-26(2)18(16-5-3-4-6-17(16)21)11-25-19(27)15-9-7-14(8-10-15)12-28-13-20(22,23)24/h3-10,18H,11-13H2,1-2H3,(H,25,27)/t18-/m1/s1. The highest BCUT2D eigenvalue weighted by atomic mass is 35.5. The van der Waals surface area contributed by atoms with E-state index >= 15 is 0 Å². The van der Waals surface area contributed by atoms with E-state index in [4.69, 9.17) is 11.6 Å². The molecule has 1 N–H and O–H groups in total. The van der Waals surface area contributed by atoms with Gasteiger partial charge in [-0.3, -0.25) is 4.79 Å². The third kappa shape index (κ3) is 6.82. The highest BCUT2D eigenvalue weighted by molar-refractivity contribution is 6.31. The summed E-state index contributed by atoms with van der Waals surface area (Å²) in [5.41, 5.74) is 1.88. The van der Waals surface area contributed by atoms with E-state index < -0.39 is 12.8 Å². The van der Waals surface area contributed by atoms with Crippen molar-refractivity contribution in [2.45, 2.75) is 18.8 Å². The molecule has 1 atom stereocenters. The highest BCUT2D eigenvalue weighted by Crippen LogP contribution is 2.25. The summed E-state index contributed by atoms with van der Waals surface area (Å²) in [6, 6.07) is 13.6. The Balaban J connectivity index is 1.94. The number of rotatable bonds is 8. The van der Waals surface area contributed by atoms with Crippen molar-refractivity contribution in [1.82, 2.24) is 10.2 Å². The van der Waals surface area contributed by atoms with Gasteiger partial charge in [-0.05, 0) is 43.4 Å². The number of carbonyl (C=O) groups is 1. The maximum Gasteiger partial charge on any atom is 0.411 e. The number of likely N-dealkylation sites (N-methyl/N-ethyl adjacent to an activating group) is 1. The first-order chi connectivity index (χ1) is 13.2. The minimum Gasteiger partial charge on any atom is -0.367 e. The molecule has 0 radical (unpaired) electrons. The van der Waals surface area contributed by atoms with E-state index in [2.05, 4.69) is 10.1 Å². The Morgan fingerprint density at radius 3 is 2.36 bits per heavy atom. The zero-order valence-corrected chi connectivity index (χ0v) is 16.3. The Morgan fingerprint density at radius 2 is 1.79 bits per heavy atom. The largest absolute Gasteiger partial charge is 0.411 e. The Hall–Kier alpha value is -2.09.